The van der Waals surface area contributed by atoms with Gasteiger partial charge in [-0.15, -0.1) is 0 Å². The number of nitrogens with one attached hydrogen (secondary N) is 2. The molecule has 1 unspecified atom stereocenters. The Labute approximate surface area is 154 Å². The highest BCUT2D eigenvalue weighted by Crippen LogP contribution is 2.32. The van der Waals surface area contributed by atoms with E-state index in [0.29, 0.717) is 0 Å². The maximum atomic E-state index is 4.82. The molecule has 0 aliphatic carbocycles. The molecule has 1 heterocycles. The molecule has 0 amide bonds. The van der Waals surface area contributed by atoms with Gasteiger partial charge in [-0.05, 0) is 29.2 Å². The summed E-state index contributed by atoms with van der Waals surface area (Å²) in [4.78, 5) is 4.82. The van der Waals surface area contributed by atoms with E-state index in [9.17, 15) is 0 Å². The first-order valence-corrected chi connectivity index (χ1v) is 9.13. The van der Waals surface area contributed by atoms with Crippen molar-refractivity contribution in [3.05, 3.63) is 102 Å². The van der Waals surface area contributed by atoms with Crippen molar-refractivity contribution in [1.29, 1.82) is 0 Å². The number of nitrogens with zero attached hydrogens (tertiary/aromatic N) is 1. The number of para-hydroxylation sites is 1. The van der Waals surface area contributed by atoms with Crippen LogP contribution in [0.2, 0.25) is 0 Å². The molecule has 0 saturated heterocycles. The number of anilines is 1. The highest BCUT2D eigenvalue weighted by Gasteiger charge is 2.20. The molecule has 3 heteroatoms. The number of rotatable bonds is 4. The van der Waals surface area contributed by atoms with Crippen LogP contribution in [-0.4, -0.2) is 19.0 Å². The smallest absolute Gasteiger partial charge is 0.195 e. The van der Waals surface area contributed by atoms with Gasteiger partial charge in [-0.25, -0.2) is 0 Å². The summed E-state index contributed by atoms with van der Waals surface area (Å²) in [7, 11) is 0. The molecule has 1 aliphatic heterocycles. The van der Waals surface area contributed by atoms with Crippen molar-refractivity contribution in [2.75, 3.05) is 18.4 Å². The highest BCUT2D eigenvalue weighted by atomic mass is 15.2. The van der Waals surface area contributed by atoms with Crippen molar-refractivity contribution in [1.82, 2.24) is 5.32 Å². The predicted octanol–water partition coefficient (Wildman–Crippen LogP) is 4.43. The van der Waals surface area contributed by atoms with E-state index in [1.54, 1.807) is 0 Å². The van der Waals surface area contributed by atoms with Gasteiger partial charge in [0.25, 0.3) is 0 Å². The van der Waals surface area contributed by atoms with Gasteiger partial charge >= 0.3 is 0 Å². The molecule has 0 aromatic heterocycles. The minimum atomic E-state index is 0.272. The van der Waals surface area contributed by atoms with E-state index in [4.69, 9.17) is 4.99 Å². The number of hydrogen-bond acceptors (Lipinski definition) is 3. The summed E-state index contributed by atoms with van der Waals surface area (Å²) in [6.07, 6.45) is 0.977. The molecule has 3 aromatic rings. The SMILES string of the molecule is c1ccc(CCNC2=NCC(c3ccccc3)c3ccccc3N2)cc1. The Morgan fingerprint density at radius 1 is 0.846 bits per heavy atom. The van der Waals surface area contributed by atoms with E-state index in [1.807, 2.05) is 0 Å². The van der Waals surface area contributed by atoms with Gasteiger partial charge in [0.15, 0.2) is 5.96 Å². The van der Waals surface area contributed by atoms with E-state index >= 15 is 0 Å². The molecular formula is C23H23N3. The Balaban J connectivity index is 1.51. The molecule has 0 saturated carbocycles. The molecule has 2 N–H and O–H groups in total. The lowest BCUT2D eigenvalue weighted by Crippen LogP contribution is -2.32. The summed E-state index contributed by atoms with van der Waals surface area (Å²) in [5.74, 6) is 1.13. The van der Waals surface area contributed by atoms with Crippen molar-refractivity contribution in [3.63, 3.8) is 0 Å². The van der Waals surface area contributed by atoms with Crippen LogP contribution in [0.4, 0.5) is 5.69 Å². The van der Waals surface area contributed by atoms with E-state index < -0.39 is 0 Å². The van der Waals surface area contributed by atoms with E-state index in [0.717, 1.165) is 31.2 Å². The second-order valence-corrected chi connectivity index (χ2v) is 6.53. The first-order chi connectivity index (χ1) is 12.9. The van der Waals surface area contributed by atoms with Crippen LogP contribution < -0.4 is 10.6 Å². The van der Waals surface area contributed by atoms with E-state index in [2.05, 4.69) is 95.6 Å². The minimum Gasteiger partial charge on any atom is -0.356 e. The maximum Gasteiger partial charge on any atom is 0.195 e. The zero-order valence-electron chi connectivity index (χ0n) is 14.7. The zero-order valence-corrected chi connectivity index (χ0v) is 14.7. The van der Waals surface area contributed by atoms with Gasteiger partial charge in [0.05, 0.1) is 6.54 Å². The molecule has 3 aromatic carbocycles. The number of benzene rings is 3. The molecule has 0 fully saturated rings. The van der Waals surface area contributed by atoms with Gasteiger partial charge in [0, 0.05) is 18.2 Å². The standard InChI is InChI=1S/C23H23N3/c1-3-9-18(10-4-1)15-16-24-23-25-17-21(19-11-5-2-6-12-19)20-13-7-8-14-22(20)26-23/h1-14,21H,15-17H2,(H2,24,25,26). The summed E-state index contributed by atoms with van der Waals surface area (Å²) < 4.78 is 0. The molecular weight excluding hydrogens is 318 g/mol. The fourth-order valence-electron chi connectivity index (χ4n) is 3.40. The van der Waals surface area contributed by atoms with Crippen molar-refractivity contribution in [2.24, 2.45) is 4.99 Å². The van der Waals surface area contributed by atoms with Gasteiger partial charge in [-0.2, -0.15) is 0 Å². The van der Waals surface area contributed by atoms with Gasteiger partial charge < -0.3 is 10.6 Å². The van der Waals surface area contributed by atoms with Crippen LogP contribution in [0.5, 0.6) is 0 Å². The van der Waals surface area contributed by atoms with Gasteiger partial charge in [-0.1, -0.05) is 78.9 Å². The average molecular weight is 341 g/mol. The lowest BCUT2D eigenvalue weighted by molar-refractivity contribution is 0.813. The number of guanidine groups is 1. The quantitative estimate of drug-likeness (QED) is 0.736. The maximum absolute atomic E-state index is 4.82. The van der Waals surface area contributed by atoms with Crippen LogP contribution in [0.1, 0.15) is 22.6 Å². The summed E-state index contributed by atoms with van der Waals surface area (Å²) >= 11 is 0. The Hall–Kier alpha value is -3.07. The number of hydrogen-bond donors (Lipinski definition) is 2. The van der Waals surface area contributed by atoms with Crippen molar-refractivity contribution >= 4 is 11.6 Å². The van der Waals surface area contributed by atoms with Crippen molar-refractivity contribution in [3.8, 4) is 0 Å². The van der Waals surface area contributed by atoms with Crippen LogP contribution in [0, 0.1) is 0 Å². The van der Waals surface area contributed by atoms with Crippen molar-refractivity contribution < 1.29 is 0 Å². The molecule has 1 atom stereocenters. The molecule has 130 valence electrons. The molecule has 26 heavy (non-hydrogen) atoms. The lowest BCUT2D eigenvalue weighted by atomic mass is 9.90. The molecule has 0 spiro atoms. The molecule has 0 bridgehead atoms. The third kappa shape index (κ3) is 3.77. The second kappa shape index (κ2) is 7.87. The summed E-state index contributed by atoms with van der Waals surface area (Å²) in [5, 5.41) is 6.95. The first-order valence-electron chi connectivity index (χ1n) is 9.13. The fourth-order valence-corrected chi connectivity index (χ4v) is 3.40. The number of aliphatic imine (C=N–C) groups is 1. The molecule has 3 nitrogen and oxygen atoms in total. The Morgan fingerprint density at radius 3 is 2.35 bits per heavy atom. The highest BCUT2D eigenvalue weighted by molar-refractivity contribution is 5.95. The van der Waals surface area contributed by atoms with Crippen LogP contribution in [0.25, 0.3) is 0 Å². The summed E-state index contributed by atoms with van der Waals surface area (Å²) in [6.45, 7) is 1.59. The Morgan fingerprint density at radius 2 is 1.54 bits per heavy atom. The van der Waals surface area contributed by atoms with Crippen LogP contribution >= 0.6 is 0 Å². The monoisotopic (exact) mass is 341 g/mol. The first kappa shape index (κ1) is 16.4. The Kier molecular flexibility index (Phi) is 4.97. The van der Waals surface area contributed by atoms with Gasteiger partial charge in [0.1, 0.15) is 0 Å². The Bertz CT molecular complexity index is 872. The number of fused-ring (bicyclic) bond motifs is 1. The summed E-state index contributed by atoms with van der Waals surface area (Å²) in [5.41, 5.74) is 5.06. The average Bonchev–Trinajstić information content (AvgIpc) is 2.89. The van der Waals surface area contributed by atoms with Crippen LogP contribution in [0.3, 0.4) is 0 Å². The predicted molar refractivity (Wildman–Crippen MR) is 109 cm³/mol. The third-order valence-electron chi connectivity index (χ3n) is 4.77. The molecule has 4 rings (SSSR count). The zero-order chi connectivity index (χ0) is 17.6. The minimum absolute atomic E-state index is 0.272. The van der Waals surface area contributed by atoms with Crippen LogP contribution in [0.15, 0.2) is 89.9 Å². The van der Waals surface area contributed by atoms with Gasteiger partial charge in [0.2, 0.25) is 0 Å². The molecule has 1 aliphatic rings. The lowest BCUT2D eigenvalue weighted by Gasteiger charge is -2.17. The fraction of sp³-hybridized carbons (Fsp3) is 0.174. The van der Waals surface area contributed by atoms with Gasteiger partial charge in [-0.3, -0.25) is 4.99 Å². The van der Waals surface area contributed by atoms with E-state index in [-0.39, 0.29) is 5.92 Å². The van der Waals surface area contributed by atoms with Crippen LogP contribution in [-0.2, 0) is 6.42 Å². The third-order valence-corrected chi connectivity index (χ3v) is 4.77. The summed E-state index contributed by atoms with van der Waals surface area (Å²) in [6, 6.07) is 29.6. The van der Waals surface area contributed by atoms with Crippen molar-refractivity contribution in [2.45, 2.75) is 12.3 Å². The topological polar surface area (TPSA) is 36.4 Å². The largest absolute Gasteiger partial charge is 0.356 e. The second-order valence-electron chi connectivity index (χ2n) is 6.53. The normalized spacial score (nSPS) is 16.0. The molecule has 0 radical (unpaired) electrons. The van der Waals surface area contributed by atoms with E-state index in [1.165, 1.54) is 16.7 Å².